The monoisotopic (exact) mass is 787 g/mol. The van der Waals surface area contributed by atoms with Gasteiger partial charge in [0, 0.05) is 12.8 Å². The minimum atomic E-state index is -4.38. The molecule has 0 saturated carbocycles. The average molecular weight is 787 g/mol. The normalized spacial score (nSPS) is 13.8. The molecule has 0 rings (SSSR count). The highest BCUT2D eigenvalue weighted by Gasteiger charge is 2.27. The lowest BCUT2D eigenvalue weighted by Gasteiger charge is -2.24. The van der Waals surface area contributed by atoms with Gasteiger partial charge in [0.25, 0.3) is 0 Å². The first kappa shape index (κ1) is 52.5. The van der Waals surface area contributed by atoms with Crippen molar-refractivity contribution in [3.63, 3.8) is 0 Å². The number of nitrogens with zero attached hydrogens (tertiary/aromatic N) is 1. The van der Waals surface area contributed by atoms with Crippen LogP contribution in [0.5, 0.6) is 0 Å². The molecule has 0 aliphatic carbocycles. The van der Waals surface area contributed by atoms with Crippen molar-refractivity contribution >= 4 is 19.8 Å². The number of quaternary nitrogens is 1. The van der Waals surface area contributed by atoms with E-state index in [1.807, 2.05) is 21.1 Å². The second-order valence-corrected chi connectivity index (χ2v) is 17.5. The summed E-state index contributed by atoms with van der Waals surface area (Å²) < 4.78 is 34.2. The molecule has 10 heteroatoms. The van der Waals surface area contributed by atoms with E-state index in [2.05, 4.69) is 38.2 Å². The summed E-state index contributed by atoms with van der Waals surface area (Å²) in [4.78, 5) is 35.3. The summed E-state index contributed by atoms with van der Waals surface area (Å²) in [6.45, 7) is 4.39. The van der Waals surface area contributed by atoms with E-state index < -0.39 is 32.5 Å². The van der Waals surface area contributed by atoms with Crippen molar-refractivity contribution in [3.05, 3.63) is 24.3 Å². The second-order valence-electron chi connectivity index (χ2n) is 16.1. The van der Waals surface area contributed by atoms with E-state index in [1.165, 1.54) is 109 Å². The summed E-state index contributed by atoms with van der Waals surface area (Å²) in [7, 11) is 1.46. The fourth-order valence-electron chi connectivity index (χ4n) is 5.94. The highest BCUT2D eigenvalue weighted by atomic mass is 31.2. The van der Waals surface area contributed by atoms with Gasteiger partial charge in [-0.25, -0.2) is 4.57 Å². The van der Waals surface area contributed by atoms with Gasteiger partial charge in [-0.1, -0.05) is 141 Å². The number of unbranched alkanes of at least 4 members (excludes halogenated alkanes) is 22. The Balaban J connectivity index is 4.40. The number of phosphoric ester groups is 1. The van der Waals surface area contributed by atoms with Gasteiger partial charge in [-0.05, 0) is 64.2 Å². The molecule has 54 heavy (non-hydrogen) atoms. The van der Waals surface area contributed by atoms with Crippen LogP contribution in [0, 0.1) is 0 Å². The van der Waals surface area contributed by atoms with Gasteiger partial charge in [0.2, 0.25) is 0 Å². The van der Waals surface area contributed by atoms with E-state index in [0.717, 1.165) is 44.9 Å². The number of hydrogen-bond donors (Lipinski definition) is 1. The molecule has 0 aliphatic rings. The van der Waals surface area contributed by atoms with Crippen molar-refractivity contribution in [2.45, 2.75) is 200 Å². The number of carbonyl (C=O) groups excluding carboxylic acids is 2. The fraction of sp³-hybridized carbons (Fsp3) is 0.864. The van der Waals surface area contributed by atoms with E-state index in [4.69, 9.17) is 18.5 Å². The number of likely N-dealkylation sites (N-methyl/N-ethyl adjacent to an activating group) is 1. The van der Waals surface area contributed by atoms with Crippen LogP contribution < -0.4 is 0 Å². The van der Waals surface area contributed by atoms with E-state index >= 15 is 0 Å². The van der Waals surface area contributed by atoms with Crippen LogP contribution in [0.1, 0.15) is 194 Å². The molecule has 0 aromatic heterocycles. The van der Waals surface area contributed by atoms with Gasteiger partial charge in [-0.15, -0.1) is 0 Å². The van der Waals surface area contributed by atoms with Crippen LogP contribution in [0.4, 0.5) is 0 Å². The molecule has 2 atom stereocenters. The molecular weight excluding hydrogens is 701 g/mol. The SMILES string of the molecule is CCCCCCCCCC/C=C/CCCCCC(=O)O[C@H](COC(=O)CCCC/C=C/CCCCCCCCCCC)COP(=O)(O)OCC[N+](C)(C)C. The highest BCUT2D eigenvalue weighted by molar-refractivity contribution is 7.47. The number of carbonyl (C=O) groups is 2. The number of hydrogen-bond acceptors (Lipinski definition) is 7. The number of allylic oxidation sites excluding steroid dienone is 4. The molecule has 0 aromatic carbocycles. The first-order chi connectivity index (χ1) is 26.0. The van der Waals surface area contributed by atoms with Crippen LogP contribution in [-0.4, -0.2) is 74.9 Å². The van der Waals surface area contributed by atoms with E-state index in [-0.39, 0.29) is 26.1 Å². The first-order valence-electron chi connectivity index (χ1n) is 22.1. The minimum absolute atomic E-state index is 0.0273. The van der Waals surface area contributed by atoms with Gasteiger partial charge in [0.05, 0.1) is 27.7 Å². The number of phosphoric acid groups is 1. The topological polar surface area (TPSA) is 108 Å². The maximum Gasteiger partial charge on any atom is 0.472 e. The summed E-state index contributed by atoms with van der Waals surface area (Å²) in [5, 5.41) is 0. The van der Waals surface area contributed by atoms with Gasteiger partial charge in [0.1, 0.15) is 19.8 Å². The fourth-order valence-corrected chi connectivity index (χ4v) is 6.69. The Labute approximate surface area is 332 Å². The van der Waals surface area contributed by atoms with Crippen LogP contribution in [0.25, 0.3) is 0 Å². The maximum atomic E-state index is 12.7. The lowest BCUT2D eigenvalue weighted by Crippen LogP contribution is -2.37. The molecule has 0 spiro atoms. The Hall–Kier alpha value is -1.51. The highest BCUT2D eigenvalue weighted by Crippen LogP contribution is 2.43. The van der Waals surface area contributed by atoms with Crippen LogP contribution in [0.3, 0.4) is 0 Å². The summed E-state index contributed by atoms with van der Waals surface area (Å²) in [6, 6.07) is 0. The Morgan fingerprint density at radius 3 is 1.41 bits per heavy atom. The molecule has 0 fully saturated rings. The number of ether oxygens (including phenoxy) is 2. The maximum absolute atomic E-state index is 12.7. The van der Waals surface area contributed by atoms with Gasteiger partial charge < -0.3 is 18.9 Å². The lowest BCUT2D eigenvalue weighted by atomic mass is 10.1. The molecule has 0 saturated heterocycles. The van der Waals surface area contributed by atoms with E-state index in [0.29, 0.717) is 23.9 Å². The van der Waals surface area contributed by atoms with Crippen LogP contribution in [-0.2, 0) is 32.7 Å². The third-order valence-electron chi connectivity index (χ3n) is 9.45. The third-order valence-corrected chi connectivity index (χ3v) is 10.4. The molecule has 0 heterocycles. The Morgan fingerprint density at radius 2 is 0.944 bits per heavy atom. The van der Waals surface area contributed by atoms with Crippen molar-refractivity contribution < 1.29 is 42.1 Å². The Bertz CT molecular complexity index is 980. The molecule has 0 amide bonds. The Kier molecular flexibility index (Phi) is 36.1. The smallest absolute Gasteiger partial charge is 0.462 e. The van der Waals surface area contributed by atoms with Crippen molar-refractivity contribution in [3.8, 4) is 0 Å². The molecular formula is C44H85NO8P+. The van der Waals surface area contributed by atoms with Crippen molar-refractivity contribution in [1.82, 2.24) is 0 Å². The van der Waals surface area contributed by atoms with Gasteiger partial charge in [-0.3, -0.25) is 18.6 Å². The molecule has 0 aromatic rings. The van der Waals surface area contributed by atoms with Crippen molar-refractivity contribution in [2.75, 3.05) is 47.5 Å². The van der Waals surface area contributed by atoms with E-state index in [1.54, 1.807) is 0 Å². The first-order valence-corrected chi connectivity index (χ1v) is 23.6. The predicted molar refractivity (Wildman–Crippen MR) is 224 cm³/mol. The van der Waals surface area contributed by atoms with Gasteiger partial charge in [-0.2, -0.15) is 0 Å². The average Bonchev–Trinajstić information content (AvgIpc) is 3.12. The summed E-state index contributed by atoms with van der Waals surface area (Å²) >= 11 is 0. The van der Waals surface area contributed by atoms with Crippen LogP contribution in [0.15, 0.2) is 24.3 Å². The zero-order valence-electron chi connectivity index (χ0n) is 35.7. The largest absolute Gasteiger partial charge is 0.472 e. The predicted octanol–water partition coefficient (Wildman–Crippen LogP) is 12.4. The molecule has 1 unspecified atom stereocenters. The van der Waals surface area contributed by atoms with Gasteiger partial charge >= 0.3 is 19.8 Å². The molecule has 0 radical (unpaired) electrons. The number of rotatable bonds is 40. The lowest BCUT2D eigenvalue weighted by molar-refractivity contribution is -0.870. The molecule has 318 valence electrons. The quantitative estimate of drug-likeness (QED) is 0.0215. The second kappa shape index (κ2) is 37.1. The molecule has 9 nitrogen and oxygen atoms in total. The molecule has 1 N–H and O–H groups in total. The van der Waals surface area contributed by atoms with Crippen LogP contribution >= 0.6 is 7.82 Å². The van der Waals surface area contributed by atoms with Crippen molar-refractivity contribution in [2.24, 2.45) is 0 Å². The summed E-state index contributed by atoms with van der Waals surface area (Å²) in [5.74, 6) is -0.839. The zero-order valence-corrected chi connectivity index (χ0v) is 36.6. The summed E-state index contributed by atoms with van der Waals surface area (Å²) in [5.41, 5.74) is 0. The number of esters is 2. The van der Waals surface area contributed by atoms with Gasteiger partial charge in [0.15, 0.2) is 6.10 Å². The molecule has 0 aliphatic heterocycles. The van der Waals surface area contributed by atoms with Crippen molar-refractivity contribution in [1.29, 1.82) is 0 Å². The zero-order chi connectivity index (χ0) is 40.0. The van der Waals surface area contributed by atoms with E-state index in [9.17, 15) is 19.0 Å². The Morgan fingerprint density at radius 1 is 0.556 bits per heavy atom. The molecule has 0 bridgehead atoms. The summed E-state index contributed by atoms with van der Waals surface area (Å²) in [6.07, 6.45) is 39.4. The third kappa shape index (κ3) is 40.2. The minimum Gasteiger partial charge on any atom is -0.462 e. The standard InChI is InChI=1S/C44H84NO8P/c1-6-8-10-12-14-16-18-20-22-24-26-28-30-32-34-36-43(46)50-40-42(41-52-54(48,49)51-39-38-45(3,4)5)53-44(47)37-35-33-31-29-27-25-23-21-19-17-15-13-11-9-7-2/h25-28,42H,6-24,29-41H2,1-5H3/p+1/b27-25+,28-26+/t42-/m1/s1. The van der Waals surface area contributed by atoms with Crippen LogP contribution in [0.2, 0.25) is 0 Å².